The summed E-state index contributed by atoms with van der Waals surface area (Å²) < 4.78 is 33.5. The summed E-state index contributed by atoms with van der Waals surface area (Å²) in [5, 5.41) is 0. The molecule has 0 saturated heterocycles. The fourth-order valence-corrected chi connectivity index (χ4v) is 5.31. The third-order valence-electron chi connectivity index (χ3n) is 5.62. The van der Waals surface area contributed by atoms with E-state index >= 15 is 0 Å². The van der Waals surface area contributed by atoms with Crippen LogP contribution in [0, 0.1) is 5.92 Å². The smallest absolute Gasteiger partial charge is 0.305 e. The Morgan fingerprint density at radius 1 is 1.07 bits per heavy atom. The lowest BCUT2D eigenvalue weighted by Gasteiger charge is -2.25. The highest BCUT2D eigenvalue weighted by molar-refractivity contribution is 7.89. The molecule has 0 aliphatic heterocycles. The summed E-state index contributed by atoms with van der Waals surface area (Å²) in [5.41, 5.74) is 2.13. The Morgan fingerprint density at radius 2 is 1.72 bits per heavy atom. The largest absolute Gasteiger partial charge is 0.469 e. The van der Waals surface area contributed by atoms with Crippen LogP contribution in [0.3, 0.4) is 0 Å². The highest BCUT2D eigenvalue weighted by Crippen LogP contribution is 2.36. The summed E-state index contributed by atoms with van der Waals surface area (Å²) in [6, 6.07) is 16.4. The zero-order valence-electron chi connectivity index (χ0n) is 16.8. The summed E-state index contributed by atoms with van der Waals surface area (Å²) in [6.45, 7) is 0. The van der Waals surface area contributed by atoms with Crippen LogP contribution in [0.2, 0.25) is 0 Å². The molecule has 1 saturated carbocycles. The van der Waals surface area contributed by atoms with E-state index in [2.05, 4.69) is 9.46 Å². The van der Waals surface area contributed by atoms with E-state index in [4.69, 9.17) is 0 Å². The van der Waals surface area contributed by atoms with Crippen LogP contribution in [-0.2, 0) is 26.0 Å². The minimum Gasteiger partial charge on any atom is -0.469 e. The summed E-state index contributed by atoms with van der Waals surface area (Å²) in [6.07, 6.45) is 6.27. The normalized spacial score (nSPS) is 15.9. The third kappa shape index (κ3) is 5.90. The monoisotopic (exact) mass is 415 g/mol. The van der Waals surface area contributed by atoms with Crippen LogP contribution in [0.4, 0.5) is 0 Å². The Kier molecular flexibility index (Phi) is 7.45. The molecule has 29 heavy (non-hydrogen) atoms. The molecule has 6 heteroatoms. The molecule has 0 spiro atoms. The molecule has 0 radical (unpaired) electrons. The van der Waals surface area contributed by atoms with E-state index in [1.165, 1.54) is 7.11 Å². The molecule has 0 bridgehead atoms. The van der Waals surface area contributed by atoms with Crippen LogP contribution in [0.5, 0.6) is 0 Å². The number of hydrogen-bond acceptors (Lipinski definition) is 4. The first-order valence-electron chi connectivity index (χ1n) is 10.2. The van der Waals surface area contributed by atoms with Crippen LogP contribution >= 0.6 is 0 Å². The van der Waals surface area contributed by atoms with Crippen molar-refractivity contribution in [2.45, 2.75) is 55.9 Å². The molecule has 1 unspecified atom stereocenters. The topological polar surface area (TPSA) is 72.5 Å². The van der Waals surface area contributed by atoms with Crippen molar-refractivity contribution < 1.29 is 17.9 Å². The fourth-order valence-electron chi connectivity index (χ4n) is 3.99. The molecular weight excluding hydrogens is 386 g/mol. The number of rotatable bonds is 9. The molecule has 156 valence electrons. The molecule has 1 fully saturated rings. The Morgan fingerprint density at radius 3 is 2.34 bits per heavy atom. The van der Waals surface area contributed by atoms with Gasteiger partial charge in [-0.05, 0) is 54.9 Å². The van der Waals surface area contributed by atoms with Crippen LogP contribution < -0.4 is 4.72 Å². The molecule has 1 atom stereocenters. The molecule has 0 amide bonds. The lowest BCUT2D eigenvalue weighted by molar-refractivity contribution is -0.140. The maximum absolute atomic E-state index is 12.9. The Balaban J connectivity index is 1.74. The van der Waals surface area contributed by atoms with Gasteiger partial charge in [-0.3, -0.25) is 4.79 Å². The van der Waals surface area contributed by atoms with E-state index in [1.54, 1.807) is 24.3 Å². The van der Waals surface area contributed by atoms with Crippen LogP contribution in [-0.4, -0.2) is 21.5 Å². The molecule has 1 aliphatic rings. The first-order chi connectivity index (χ1) is 14.0. The van der Waals surface area contributed by atoms with Crippen molar-refractivity contribution in [3.63, 3.8) is 0 Å². The predicted octanol–water partition coefficient (Wildman–Crippen LogP) is 4.39. The van der Waals surface area contributed by atoms with Gasteiger partial charge in [0.05, 0.1) is 12.0 Å². The SMILES string of the molecule is COC(=O)CCCc1ccc(C(NS(=O)(=O)c2ccccc2)C2CCCC2)cc1. The van der Waals surface area contributed by atoms with Crippen molar-refractivity contribution in [1.82, 2.24) is 4.72 Å². The number of sulfonamides is 1. The van der Waals surface area contributed by atoms with Crippen LogP contribution in [0.25, 0.3) is 0 Å². The summed E-state index contributed by atoms with van der Waals surface area (Å²) in [4.78, 5) is 11.5. The van der Waals surface area contributed by atoms with E-state index in [9.17, 15) is 13.2 Å². The van der Waals surface area contributed by atoms with Crippen molar-refractivity contribution in [1.29, 1.82) is 0 Å². The van der Waals surface area contributed by atoms with E-state index < -0.39 is 10.0 Å². The number of benzene rings is 2. The number of methoxy groups -OCH3 is 1. The summed E-state index contributed by atoms with van der Waals surface area (Å²) >= 11 is 0. The second-order valence-corrected chi connectivity index (χ2v) is 9.34. The third-order valence-corrected chi connectivity index (χ3v) is 7.08. The number of ether oxygens (including phenoxy) is 1. The van der Waals surface area contributed by atoms with Crippen molar-refractivity contribution in [3.05, 3.63) is 65.7 Å². The fraction of sp³-hybridized carbons (Fsp3) is 0.435. The quantitative estimate of drug-likeness (QED) is 0.617. The average Bonchev–Trinajstić information content (AvgIpc) is 3.28. The van der Waals surface area contributed by atoms with Gasteiger partial charge in [-0.25, -0.2) is 13.1 Å². The molecule has 5 nitrogen and oxygen atoms in total. The lowest BCUT2D eigenvalue weighted by atomic mass is 9.91. The number of carbonyl (C=O) groups is 1. The first-order valence-corrected chi connectivity index (χ1v) is 11.7. The van der Waals surface area contributed by atoms with E-state index in [0.717, 1.165) is 49.7 Å². The summed E-state index contributed by atoms with van der Waals surface area (Å²) in [7, 11) is -2.18. The zero-order valence-corrected chi connectivity index (χ0v) is 17.7. The predicted molar refractivity (Wildman–Crippen MR) is 113 cm³/mol. The molecule has 2 aromatic carbocycles. The first kappa shape index (κ1) is 21.5. The van der Waals surface area contributed by atoms with E-state index in [0.29, 0.717) is 17.2 Å². The van der Waals surface area contributed by atoms with Crippen LogP contribution in [0.1, 0.15) is 55.7 Å². The van der Waals surface area contributed by atoms with Crippen molar-refractivity contribution in [2.75, 3.05) is 7.11 Å². The second kappa shape index (κ2) is 10.0. The highest BCUT2D eigenvalue weighted by atomic mass is 32.2. The minimum absolute atomic E-state index is 0.196. The molecule has 2 aromatic rings. The minimum atomic E-state index is -3.58. The van der Waals surface area contributed by atoms with Crippen molar-refractivity contribution in [2.24, 2.45) is 5.92 Å². The van der Waals surface area contributed by atoms with Gasteiger partial charge in [-0.2, -0.15) is 0 Å². The van der Waals surface area contributed by atoms with Gasteiger partial charge in [-0.1, -0.05) is 55.3 Å². The molecular formula is C23H29NO4S. The van der Waals surface area contributed by atoms with Gasteiger partial charge in [0.1, 0.15) is 0 Å². The number of hydrogen-bond donors (Lipinski definition) is 1. The van der Waals surface area contributed by atoms with Crippen LogP contribution in [0.15, 0.2) is 59.5 Å². The standard InChI is InChI=1S/C23H29NO4S/c1-28-22(25)13-7-8-18-14-16-20(17-15-18)23(19-9-5-6-10-19)24-29(26,27)21-11-3-2-4-12-21/h2-4,11-12,14-17,19,23-24H,5-10,13H2,1H3. The Labute approximate surface area is 173 Å². The summed E-state index contributed by atoms with van der Waals surface area (Å²) in [5.74, 6) is 0.108. The number of nitrogens with one attached hydrogen (secondary N) is 1. The number of esters is 1. The Bertz CT molecular complexity index is 888. The van der Waals surface area contributed by atoms with E-state index in [-0.39, 0.29) is 12.0 Å². The molecule has 1 aliphatic carbocycles. The number of aryl methyl sites for hydroxylation is 1. The lowest BCUT2D eigenvalue weighted by Crippen LogP contribution is -2.32. The van der Waals surface area contributed by atoms with Gasteiger partial charge < -0.3 is 4.74 Å². The Hall–Kier alpha value is -2.18. The maximum Gasteiger partial charge on any atom is 0.305 e. The van der Waals surface area contributed by atoms with Gasteiger partial charge in [0.15, 0.2) is 0 Å². The highest BCUT2D eigenvalue weighted by Gasteiger charge is 2.30. The second-order valence-electron chi connectivity index (χ2n) is 7.63. The van der Waals surface area contributed by atoms with Gasteiger partial charge in [-0.15, -0.1) is 0 Å². The van der Waals surface area contributed by atoms with Gasteiger partial charge in [0, 0.05) is 12.5 Å². The maximum atomic E-state index is 12.9. The van der Waals surface area contributed by atoms with Crippen molar-refractivity contribution in [3.8, 4) is 0 Å². The van der Waals surface area contributed by atoms with Gasteiger partial charge in [0.25, 0.3) is 0 Å². The van der Waals surface area contributed by atoms with Gasteiger partial charge >= 0.3 is 5.97 Å². The van der Waals surface area contributed by atoms with Crippen molar-refractivity contribution >= 4 is 16.0 Å². The zero-order chi connectivity index (χ0) is 20.7. The van der Waals surface area contributed by atoms with Gasteiger partial charge in [0.2, 0.25) is 10.0 Å². The molecule has 0 heterocycles. The van der Waals surface area contributed by atoms with E-state index in [1.807, 2.05) is 30.3 Å². The molecule has 3 rings (SSSR count). The number of carbonyl (C=O) groups excluding carboxylic acids is 1. The molecule has 0 aromatic heterocycles. The molecule has 1 N–H and O–H groups in total. The average molecular weight is 416 g/mol.